The third kappa shape index (κ3) is 5.14. The monoisotopic (exact) mass is 483 g/mol. The Kier molecular flexibility index (Phi) is 7.61. The molecule has 2 aromatic heterocycles. The number of hydrogen-bond donors (Lipinski definition) is 1. The number of anilines is 1. The Hall–Kier alpha value is -3.21. The summed E-state index contributed by atoms with van der Waals surface area (Å²) in [7, 11) is 0. The maximum Gasteiger partial charge on any atom is 0.273 e. The molecule has 0 spiro atoms. The van der Waals surface area contributed by atoms with Crippen molar-refractivity contribution in [1.82, 2.24) is 25.1 Å². The number of fused-ring (bicyclic) bond motifs is 1. The Balaban J connectivity index is 1.52. The Labute approximate surface area is 202 Å². The molecule has 3 aromatic rings. The van der Waals surface area contributed by atoms with Gasteiger partial charge in [0.2, 0.25) is 0 Å². The molecule has 11 heteroatoms. The van der Waals surface area contributed by atoms with E-state index in [1.54, 1.807) is 35.6 Å². The lowest BCUT2D eigenvalue weighted by molar-refractivity contribution is -0.385. The molecule has 1 fully saturated rings. The topological polar surface area (TPSA) is 119 Å². The van der Waals surface area contributed by atoms with Gasteiger partial charge in [-0.1, -0.05) is 24.8 Å². The molecule has 0 unspecified atom stereocenters. The lowest BCUT2D eigenvalue weighted by Crippen LogP contribution is -2.30. The predicted molar refractivity (Wildman–Crippen MR) is 133 cm³/mol. The number of aromatic nitrogens is 4. The first-order chi connectivity index (χ1) is 16.5. The number of rotatable bonds is 9. The third-order valence-corrected chi connectivity index (χ3v) is 6.96. The van der Waals surface area contributed by atoms with Gasteiger partial charge in [-0.15, -0.1) is 0 Å². The number of carbonyl (C=O) groups excluding carboxylic acids is 1. The van der Waals surface area contributed by atoms with Crippen LogP contribution in [-0.2, 0) is 6.54 Å². The summed E-state index contributed by atoms with van der Waals surface area (Å²) in [5.41, 5.74) is 1.35. The van der Waals surface area contributed by atoms with Gasteiger partial charge in [0.15, 0.2) is 10.8 Å². The quantitative estimate of drug-likeness (QED) is 0.210. The van der Waals surface area contributed by atoms with Gasteiger partial charge in [-0.3, -0.25) is 14.9 Å². The second-order valence-corrected chi connectivity index (χ2v) is 9.36. The number of amides is 1. The van der Waals surface area contributed by atoms with E-state index in [-0.39, 0.29) is 11.6 Å². The summed E-state index contributed by atoms with van der Waals surface area (Å²) in [4.78, 5) is 35.3. The lowest BCUT2D eigenvalue weighted by atomic mass is 10.1. The van der Waals surface area contributed by atoms with Gasteiger partial charge >= 0.3 is 0 Å². The van der Waals surface area contributed by atoms with Gasteiger partial charge in [-0.05, 0) is 38.7 Å². The van der Waals surface area contributed by atoms with Crippen LogP contribution < -0.4 is 10.2 Å². The highest BCUT2D eigenvalue weighted by molar-refractivity contribution is 7.99. The average Bonchev–Trinajstić information content (AvgIpc) is 3.25. The standard InChI is InChI=1S/C23H29N7O3S/c1-3-14-34-23-26-20(28-11-5-4-6-12-28)18-15-25-29(21(18)27-23)13-10-24-22(31)17-8-7-9-19(16(17)2)30(32)33/h7-9,15H,3-6,10-14H2,1-2H3,(H,24,31). The molecular formula is C23H29N7O3S. The zero-order valence-electron chi connectivity index (χ0n) is 19.5. The van der Waals surface area contributed by atoms with E-state index in [1.807, 2.05) is 0 Å². The summed E-state index contributed by atoms with van der Waals surface area (Å²) in [5, 5.41) is 20.2. The van der Waals surface area contributed by atoms with Gasteiger partial charge < -0.3 is 10.2 Å². The smallest absolute Gasteiger partial charge is 0.273 e. The second-order valence-electron chi connectivity index (χ2n) is 8.29. The molecular weight excluding hydrogens is 454 g/mol. The summed E-state index contributed by atoms with van der Waals surface area (Å²) in [6.07, 6.45) is 6.39. The van der Waals surface area contributed by atoms with E-state index in [0.717, 1.165) is 60.1 Å². The van der Waals surface area contributed by atoms with Crippen molar-refractivity contribution in [2.75, 3.05) is 30.3 Å². The van der Waals surface area contributed by atoms with Gasteiger partial charge in [-0.2, -0.15) is 5.10 Å². The molecule has 0 atom stereocenters. The molecule has 0 saturated carbocycles. The minimum absolute atomic E-state index is 0.0650. The first-order valence-corrected chi connectivity index (χ1v) is 12.6. The number of thioether (sulfide) groups is 1. The zero-order chi connectivity index (χ0) is 24.1. The molecule has 0 bridgehead atoms. The minimum Gasteiger partial charge on any atom is -0.356 e. The first kappa shape index (κ1) is 23.9. The van der Waals surface area contributed by atoms with Crippen LogP contribution in [0.1, 0.15) is 48.5 Å². The van der Waals surface area contributed by atoms with Crippen molar-refractivity contribution in [3.05, 3.63) is 45.6 Å². The van der Waals surface area contributed by atoms with Crippen LogP contribution in [-0.4, -0.2) is 56.0 Å². The first-order valence-electron chi connectivity index (χ1n) is 11.6. The van der Waals surface area contributed by atoms with Crippen molar-refractivity contribution < 1.29 is 9.72 Å². The van der Waals surface area contributed by atoms with Crippen LogP contribution in [0.2, 0.25) is 0 Å². The molecule has 1 aromatic carbocycles. The fraction of sp³-hybridized carbons (Fsp3) is 0.478. The molecule has 1 saturated heterocycles. The van der Waals surface area contributed by atoms with Gasteiger partial charge in [0.05, 0.1) is 23.1 Å². The largest absolute Gasteiger partial charge is 0.356 e. The number of benzene rings is 1. The molecule has 10 nitrogen and oxygen atoms in total. The van der Waals surface area contributed by atoms with Gasteiger partial charge in [0, 0.05) is 42.6 Å². The van der Waals surface area contributed by atoms with E-state index in [1.165, 1.54) is 18.6 Å². The van der Waals surface area contributed by atoms with Gasteiger partial charge in [0.25, 0.3) is 11.6 Å². The summed E-state index contributed by atoms with van der Waals surface area (Å²) >= 11 is 1.64. The van der Waals surface area contributed by atoms with Crippen molar-refractivity contribution in [3.8, 4) is 0 Å². The zero-order valence-corrected chi connectivity index (χ0v) is 20.3. The van der Waals surface area contributed by atoms with E-state index in [9.17, 15) is 14.9 Å². The molecule has 3 heterocycles. The Morgan fingerprint density at radius 2 is 2.03 bits per heavy atom. The SMILES string of the molecule is CCCSc1nc(N2CCCCC2)c2cnn(CCNC(=O)c3cccc([N+](=O)[O-])c3C)c2n1. The Bertz CT molecular complexity index is 1190. The number of hydrogen-bond acceptors (Lipinski definition) is 8. The molecule has 0 aliphatic carbocycles. The van der Waals surface area contributed by atoms with E-state index in [4.69, 9.17) is 9.97 Å². The van der Waals surface area contributed by atoms with Crippen LogP contribution in [0, 0.1) is 17.0 Å². The number of nitrogens with one attached hydrogen (secondary N) is 1. The van der Waals surface area contributed by atoms with Crippen molar-refractivity contribution in [2.24, 2.45) is 0 Å². The molecule has 4 rings (SSSR count). The van der Waals surface area contributed by atoms with Crippen molar-refractivity contribution in [3.63, 3.8) is 0 Å². The van der Waals surface area contributed by atoms with Gasteiger partial charge in [0.1, 0.15) is 5.82 Å². The summed E-state index contributed by atoms with van der Waals surface area (Å²) in [6, 6.07) is 4.52. The highest BCUT2D eigenvalue weighted by Crippen LogP contribution is 2.29. The summed E-state index contributed by atoms with van der Waals surface area (Å²) in [5.74, 6) is 1.53. The Morgan fingerprint density at radius 3 is 2.76 bits per heavy atom. The molecule has 1 aliphatic heterocycles. The molecule has 1 N–H and O–H groups in total. The summed E-state index contributed by atoms with van der Waals surface area (Å²) < 4.78 is 1.79. The number of nitrogens with zero attached hydrogens (tertiary/aromatic N) is 6. The molecule has 180 valence electrons. The van der Waals surface area contributed by atoms with Crippen molar-refractivity contribution >= 4 is 40.2 Å². The molecule has 1 aliphatic rings. The molecule has 34 heavy (non-hydrogen) atoms. The lowest BCUT2D eigenvalue weighted by Gasteiger charge is -2.28. The molecule has 1 amide bonds. The van der Waals surface area contributed by atoms with Crippen LogP contribution in [0.15, 0.2) is 29.6 Å². The van der Waals surface area contributed by atoms with Crippen LogP contribution in [0.25, 0.3) is 11.0 Å². The van der Waals surface area contributed by atoms with Crippen molar-refractivity contribution in [1.29, 1.82) is 0 Å². The van der Waals surface area contributed by atoms with Crippen LogP contribution in [0.4, 0.5) is 11.5 Å². The second kappa shape index (κ2) is 10.8. The maximum atomic E-state index is 12.7. The highest BCUT2D eigenvalue weighted by Gasteiger charge is 2.21. The van der Waals surface area contributed by atoms with E-state index in [0.29, 0.717) is 24.2 Å². The van der Waals surface area contributed by atoms with Crippen molar-refractivity contribution in [2.45, 2.75) is 51.2 Å². The number of piperidine rings is 1. The van der Waals surface area contributed by atoms with E-state index >= 15 is 0 Å². The minimum atomic E-state index is -0.476. The predicted octanol–water partition coefficient (Wildman–Crippen LogP) is 3.97. The van der Waals surface area contributed by atoms with Crippen LogP contribution in [0.5, 0.6) is 0 Å². The van der Waals surface area contributed by atoms with E-state index in [2.05, 4.69) is 22.2 Å². The Morgan fingerprint density at radius 1 is 1.24 bits per heavy atom. The number of nitro benzene ring substituents is 1. The summed E-state index contributed by atoms with van der Waals surface area (Å²) in [6.45, 7) is 6.42. The van der Waals surface area contributed by atoms with Gasteiger partial charge in [-0.25, -0.2) is 14.6 Å². The average molecular weight is 484 g/mol. The number of carbonyl (C=O) groups is 1. The van der Waals surface area contributed by atoms with Crippen LogP contribution in [0.3, 0.4) is 0 Å². The number of nitro groups is 1. The van der Waals surface area contributed by atoms with E-state index < -0.39 is 4.92 Å². The highest BCUT2D eigenvalue weighted by atomic mass is 32.2. The normalized spacial score (nSPS) is 13.9. The third-order valence-electron chi connectivity index (χ3n) is 5.90. The fourth-order valence-electron chi connectivity index (χ4n) is 4.13. The molecule has 0 radical (unpaired) electrons. The maximum absolute atomic E-state index is 12.7. The van der Waals surface area contributed by atoms with Crippen LogP contribution >= 0.6 is 11.8 Å². The fourth-order valence-corrected chi connectivity index (χ4v) is 4.82.